The molecule has 10 aromatic rings. The highest BCUT2D eigenvalue weighted by Crippen LogP contribution is 2.43. The van der Waals surface area contributed by atoms with Crippen LogP contribution in [0.4, 0.5) is 5.69 Å². The molecule has 1 aliphatic rings. The molecule has 234 valence electrons. The lowest BCUT2D eigenvalue weighted by Gasteiger charge is -2.15. The molecule has 4 heterocycles. The van der Waals surface area contributed by atoms with E-state index in [-0.39, 0.29) is 11.8 Å². The van der Waals surface area contributed by atoms with Crippen molar-refractivity contribution in [3.8, 4) is 11.4 Å². The van der Waals surface area contributed by atoms with Crippen LogP contribution in [0, 0.1) is 0 Å². The van der Waals surface area contributed by atoms with Gasteiger partial charge in [-0.05, 0) is 78.9 Å². The highest BCUT2D eigenvalue weighted by atomic mass is 32.1. The van der Waals surface area contributed by atoms with Gasteiger partial charge in [0.1, 0.15) is 0 Å². The molecule has 3 aromatic heterocycles. The van der Waals surface area contributed by atoms with Gasteiger partial charge < -0.3 is 9.13 Å². The first-order chi connectivity index (χ1) is 24.7. The monoisotopic (exact) mass is 659 g/mol. The minimum absolute atomic E-state index is 0.293. The van der Waals surface area contributed by atoms with Crippen molar-refractivity contribution in [2.24, 2.45) is 0 Å². The lowest BCUT2D eigenvalue weighted by atomic mass is 10.1. The number of thiophene rings is 1. The molecule has 7 aromatic carbocycles. The summed E-state index contributed by atoms with van der Waals surface area (Å²) < 4.78 is 7.29. The van der Waals surface area contributed by atoms with E-state index in [9.17, 15) is 9.59 Å². The molecule has 0 N–H and O–H groups in total. The molecule has 0 atom stereocenters. The van der Waals surface area contributed by atoms with E-state index in [4.69, 9.17) is 0 Å². The van der Waals surface area contributed by atoms with Gasteiger partial charge in [0.25, 0.3) is 11.8 Å². The summed E-state index contributed by atoms with van der Waals surface area (Å²) in [7, 11) is 0. The first-order valence-corrected chi connectivity index (χ1v) is 17.4. The minimum Gasteiger partial charge on any atom is -0.309 e. The van der Waals surface area contributed by atoms with Crippen molar-refractivity contribution >= 4 is 92.6 Å². The number of imide groups is 1. The maximum Gasteiger partial charge on any atom is 0.266 e. The molecule has 6 heteroatoms. The van der Waals surface area contributed by atoms with Gasteiger partial charge in [-0.25, -0.2) is 4.90 Å². The van der Waals surface area contributed by atoms with Gasteiger partial charge in [-0.15, -0.1) is 11.3 Å². The fourth-order valence-electron chi connectivity index (χ4n) is 8.08. The molecule has 0 unspecified atom stereocenters. The summed E-state index contributed by atoms with van der Waals surface area (Å²) in [6.45, 7) is 0. The third kappa shape index (κ3) is 3.60. The van der Waals surface area contributed by atoms with Crippen molar-refractivity contribution in [2.45, 2.75) is 0 Å². The Kier molecular flexibility index (Phi) is 5.50. The number of aromatic nitrogens is 2. The molecule has 0 bridgehead atoms. The molecule has 0 radical (unpaired) electrons. The number of para-hydroxylation sites is 2. The molecule has 0 spiro atoms. The van der Waals surface area contributed by atoms with E-state index < -0.39 is 0 Å². The van der Waals surface area contributed by atoms with E-state index in [1.165, 1.54) is 41.2 Å². The number of amides is 2. The van der Waals surface area contributed by atoms with Crippen LogP contribution in [-0.4, -0.2) is 20.9 Å². The topological polar surface area (TPSA) is 47.2 Å². The van der Waals surface area contributed by atoms with Crippen LogP contribution in [0.3, 0.4) is 0 Å². The van der Waals surface area contributed by atoms with Crippen molar-refractivity contribution in [1.82, 2.24) is 9.13 Å². The molecule has 0 fully saturated rings. The summed E-state index contributed by atoms with van der Waals surface area (Å²) >= 11 is 1.83. The zero-order valence-corrected chi connectivity index (χ0v) is 27.3. The Morgan fingerprint density at radius 1 is 0.400 bits per heavy atom. The quantitative estimate of drug-likeness (QED) is 0.177. The highest BCUT2D eigenvalue weighted by molar-refractivity contribution is 7.25. The van der Waals surface area contributed by atoms with E-state index >= 15 is 0 Å². The van der Waals surface area contributed by atoms with Crippen LogP contribution in [0.1, 0.15) is 20.7 Å². The number of benzene rings is 7. The first-order valence-electron chi connectivity index (χ1n) is 16.6. The van der Waals surface area contributed by atoms with Crippen molar-refractivity contribution in [3.63, 3.8) is 0 Å². The number of carbonyl (C=O) groups is 2. The van der Waals surface area contributed by atoms with Gasteiger partial charge in [0.05, 0.1) is 38.9 Å². The van der Waals surface area contributed by atoms with Crippen LogP contribution in [0.15, 0.2) is 152 Å². The lowest BCUT2D eigenvalue weighted by Crippen LogP contribution is -2.29. The van der Waals surface area contributed by atoms with Gasteiger partial charge in [0.15, 0.2) is 0 Å². The minimum atomic E-state index is -0.293. The van der Waals surface area contributed by atoms with Gasteiger partial charge in [-0.1, -0.05) is 72.8 Å². The SMILES string of the molecule is O=C1c2ccccc2C(=O)N1c1ccc(-n2c3ccccc3c3ccc4c(c5ccccc5n4-c4ccc5sc6ccccc6c5c4)c32)cc1. The number of carbonyl (C=O) groups excluding carboxylic acids is 2. The molecular formula is C44H25N3O2S. The van der Waals surface area contributed by atoms with Crippen molar-refractivity contribution in [3.05, 3.63) is 163 Å². The van der Waals surface area contributed by atoms with E-state index in [1.807, 2.05) is 35.6 Å². The van der Waals surface area contributed by atoms with E-state index in [2.05, 4.69) is 112 Å². The molecule has 0 saturated heterocycles. The Balaban J connectivity index is 1.16. The predicted octanol–water partition coefficient (Wildman–Crippen LogP) is 11.0. The Morgan fingerprint density at radius 3 is 1.74 bits per heavy atom. The van der Waals surface area contributed by atoms with E-state index in [1.54, 1.807) is 24.3 Å². The second-order valence-corrected chi connectivity index (χ2v) is 13.9. The Morgan fingerprint density at radius 2 is 0.980 bits per heavy atom. The van der Waals surface area contributed by atoms with Crippen molar-refractivity contribution < 1.29 is 9.59 Å². The molecule has 1 aliphatic heterocycles. The average molecular weight is 660 g/mol. The van der Waals surface area contributed by atoms with Gasteiger partial charge in [-0.3, -0.25) is 9.59 Å². The molecule has 50 heavy (non-hydrogen) atoms. The van der Waals surface area contributed by atoms with Crippen LogP contribution in [0.25, 0.3) is 75.2 Å². The molecule has 0 saturated carbocycles. The second kappa shape index (κ2) is 10.0. The van der Waals surface area contributed by atoms with Crippen LogP contribution >= 0.6 is 11.3 Å². The first kappa shape index (κ1) is 27.5. The zero-order chi connectivity index (χ0) is 33.1. The van der Waals surface area contributed by atoms with Gasteiger partial charge in [-0.2, -0.15) is 0 Å². The zero-order valence-electron chi connectivity index (χ0n) is 26.5. The van der Waals surface area contributed by atoms with Crippen molar-refractivity contribution in [2.75, 3.05) is 4.90 Å². The Labute approximate surface area is 289 Å². The summed E-state index contributed by atoms with van der Waals surface area (Å²) in [5.41, 5.74) is 7.99. The number of hydrogen-bond acceptors (Lipinski definition) is 3. The summed E-state index contributed by atoms with van der Waals surface area (Å²) in [4.78, 5) is 27.8. The van der Waals surface area contributed by atoms with Gasteiger partial charge in [0.2, 0.25) is 0 Å². The third-order valence-electron chi connectivity index (χ3n) is 10.2. The van der Waals surface area contributed by atoms with Crippen molar-refractivity contribution in [1.29, 1.82) is 0 Å². The molecule has 0 aliphatic carbocycles. The van der Waals surface area contributed by atoms with Crippen LogP contribution in [0.2, 0.25) is 0 Å². The number of fused-ring (bicyclic) bond motifs is 11. The third-order valence-corrected chi connectivity index (χ3v) is 11.4. The number of rotatable bonds is 3. The fraction of sp³-hybridized carbons (Fsp3) is 0. The fourth-order valence-corrected chi connectivity index (χ4v) is 9.17. The number of anilines is 1. The van der Waals surface area contributed by atoms with Gasteiger partial charge >= 0.3 is 0 Å². The number of nitrogens with zero attached hydrogens (tertiary/aromatic N) is 3. The molecule has 11 rings (SSSR count). The second-order valence-electron chi connectivity index (χ2n) is 12.8. The Hall–Kier alpha value is -6.50. The number of hydrogen-bond donors (Lipinski definition) is 0. The van der Waals surface area contributed by atoms with E-state index in [0.717, 1.165) is 38.8 Å². The Bertz CT molecular complexity index is 3050. The summed E-state index contributed by atoms with van der Waals surface area (Å²) in [6, 6.07) is 51.9. The summed E-state index contributed by atoms with van der Waals surface area (Å²) in [6.07, 6.45) is 0. The predicted molar refractivity (Wildman–Crippen MR) is 206 cm³/mol. The smallest absolute Gasteiger partial charge is 0.266 e. The summed E-state index contributed by atoms with van der Waals surface area (Å²) in [5, 5.41) is 7.23. The average Bonchev–Trinajstić information content (AvgIpc) is 3.88. The maximum absolute atomic E-state index is 13.3. The normalized spacial score (nSPS) is 13.2. The summed E-state index contributed by atoms with van der Waals surface area (Å²) in [5.74, 6) is -0.586. The molecule has 5 nitrogen and oxygen atoms in total. The molecular weight excluding hydrogens is 635 g/mol. The van der Waals surface area contributed by atoms with Gasteiger partial charge in [0, 0.05) is 53.1 Å². The van der Waals surface area contributed by atoms with Crippen LogP contribution < -0.4 is 4.90 Å². The molecule has 2 amide bonds. The van der Waals surface area contributed by atoms with Crippen LogP contribution in [0.5, 0.6) is 0 Å². The highest BCUT2D eigenvalue weighted by Gasteiger charge is 2.36. The standard InChI is InChI=1S/C44H25N3O2S/c48-43-32-11-1-2-12-33(32)44(49)47(43)27-19-17-26(18-20-27)46-36-14-6-3-9-29(36)31-22-23-38-41(42(31)46)34-13-4-7-15-37(34)45(38)28-21-24-40-35(25-28)30-10-5-8-16-39(30)50-40/h1-25H. The lowest BCUT2D eigenvalue weighted by molar-refractivity contribution is 0.0926. The maximum atomic E-state index is 13.3. The van der Waals surface area contributed by atoms with Crippen LogP contribution in [-0.2, 0) is 0 Å². The largest absolute Gasteiger partial charge is 0.309 e. The van der Waals surface area contributed by atoms with E-state index in [0.29, 0.717) is 16.8 Å².